The van der Waals surface area contributed by atoms with Crippen LogP contribution in [0.5, 0.6) is 0 Å². The minimum atomic E-state index is -0.584. The number of carbonyl (C=O) groups excluding carboxylic acids is 1. The van der Waals surface area contributed by atoms with Crippen molar-refractivity contribution >= 4 is 38.3 Å². The van der Waals surface area contributed by atoms with E-state index in [1.165, 1.54) is 29.5 Å². The first-order valence-corrected chi connectivity index (χ1v) is 8.35. The highest BCUT2D eigenvalue weighted by molar-refractivity contribution is 9.10. The van der Waals surface area contributed by atoms with Gasteiger partial charge in [0.15, 0.2) is 0 Å². The summed E-state index contributed by atoms with van der Waals surface area (Å²) < 4.78 is 14.3. The van der Waals surface area contributed by atoms with Crippen LogP contribution in [0.3, 0.4) is 0 Å². The summed E-state index contributed by atoms with van der Waals surface area (Å²) in [5.41, 5.74) is 1.07. The van der Waals surface area contributed by atoms with Gasteiger partial charge in [-0.25, -0.2) is 4.39 Å². The van der Waals surface area contributed by atoms with Crippen LogP contribution < -0.4 is 5.32 Å². The lowest BCUT2D eigenvalue weighted by molar-refractivity contribution is 0.102. The molecule has 0 spiro atoms. The first-order chi connectivity index (χ1) is 11.1. The van der Waals surface area contributed by atoms with Crippen molar-refractivity contribution in [3.8, 4) is 0 Å². The number of anilines is 1. The Hall–Kier alpha value is -2.12. The maximum atomic E-state index is 13.7. The van der Waals surface area contributed by atoms with Crippen molar-refractivity contribution in [1.29, 1.82) is 0 Å². The molecular formula is C16H11BrFN3OS. The van der Waals surface area contributed by atoms with Gasteiger partial charge in [0, 0.05) is 10.9 Å². The smallest absolute Gasteiger partial charge is 0.260 e. The maximum absolute atomic E-state index is 13.7. The summed E-state index contributed by atoms with van der Waals surface area (Å²) in [7, 11) is 0. The number of benzene rings is 2. The predicted octanol–water partition coefficient (Wildman–Crippen LogP) is 4.28. The van der Waals surface area contributed by atoms with Gasteiger partial charge in [0.2, 0.25) is 5.13 Å². The Bertz CT molecular complexity index is 838. The molecule has 2 aromatic carbocycles. The highest BCUT2D eigenvalue weighted by Crippen LogP contribution is 2.21. The van der Waals surface area contributed by atoms with Crippen molar-refractivity contribution in [2.45, 2.75) is 6.42 Å². The first kappa shape index (κ1) is 15.8. The fourth-order valence-electron chi connectivity index (χ4n) is 1.98. The highest BCUT2D eigenvalue weighted by Gasteiger charge is 2.15. The summed E-state index contributed by atoms with van der Waals surface area (Å²) in [6.07, 6.45) is 0.639. The largest absolute Gasteiger partial charge is 0.296 e. The van der Waals surface area contributed by atoms with Gasteiger partial charge >= 0.3 is 0 Å². The standard InChI is InChI=1S/C16H11BrFN3OS/c17-11-6-7-13(18)12(9-11)15(22)19-16-21-20-14(23-16)8-10-4-2-1-3-5-10/h1-7,9H,8H2,(H,19,21,22). The summed E-state index contributed by atoms with van der Waals surface area (Å²) in [5.74, 6) is -1.13. The van der Waals surface area contributed by atoms with Gasteiger partial charge in [-0.3, -0.25) is 10.1 Å². The fraction of sp³-hybridized carbons (Fsp3) is 0.0625. The zero-order chi connectivity index (χ0) is 16.2. The lowest BCUT2D eigenvalue weighted by Crippen LogP contribution is -2.13. The van der Waals surface area contributed by atoms with Crippen LogP contribution in [0.1, 0.15) is 20.9 Å². The van der Waals surface area contributed by atoms with E-state index in [1.807, 2.05) is 30.3 Å². The Morgan fingerprint density at radius 1 is 1.17 bits per heavy atom. The molecule has 0 radical (unpaired) electrons. The van der Waals surface area contributed by atoms with Crippen LogP contribution in [0.2, 0.25) is 0 Å². The fourth-order valence-corrected chi connectivity index (χ4v) is 3.11. The second kappa shape index (κ2) is 6.97. The molecule has 7 heteroatoms. The molecule has 1 N–H and O–H groups in total. The monoisotopic (exact) mass is 391 g/mol. The highest BCUT2D eigenvalue weighted by atomic mass is 79.9. The quantitative estimate of drug-likeness (QED) is 0.721. The van der Waals surface area contributed by atoms with Gasteiger partial charge in [0.1, 0.15) is 10.8 Å². The third-order valence-electron chi connectivity index (χ3n) is 3.06. The van der Waals surface area contributed by atoms with Gasteiger partial charge in [0.25, 0.3) is 5.91 Å². The summed E-state index contributed by atoms with van der Waals surface area (Å²) in [6.45, 7) is 0. The zero-order valence-corrected chi connectivity index (χ0v) is 14.2. The van der Waals surface area contributed by atoms with Crippen LogP contribution in [0.4, 0.5) is 9.52 Å². The van der Waals surface area contributed by atoms with Crippen LogP contribution in [-0.2, 0) is 6.42 Å². The van der Waals surface area contributed by atoms with E-state index in [9.17, 15) is 9.18 Å². The zero-order valence-electron chi connectivity index (χ0n) is 11.8. The Labute approximate surface area is 144 Å². The van der Waals surface area contributed by atoms with E-state index >= 15 is 0 Å². The molecule has 0 saturated carbocycles. The number of halogens is 2. The second-order valence-electron chi connectivity index (χ2n) is 4.74. The van der Waals surface area contributed by atoms with E-state index in [-0.39, 0.29) is 5.56 Å². The van der Waals surface area contributed by atoms with Gasteiger partial charge in [-0.1, -0.05) is 57.6 Å². The van der Waals surface area contributed by atoms with Crippen molar-refractivity contribution in [2.24, 2.45) is 0 Å². The number of nitrogens with zero attached hydrogens (tertiary/aromatic N) is 2. The minimum absolute atomic E-state index is 0.0424. The normalized spacial score (nSPS) is 10.5. The molecule has 116 valence electrons. The maximum Gasteiger partial charge on any atom is 0.260 e. The van der Waals surface area contributed by atoms with Gasteiger partial charge in [-0.2, -0.15) is 0 Å². The lowest BCUT2D eigenvalue weighted by Gasteiger charge is -2.03. The number of hydrogen-bond acceptors (Lipinski definition) is 4. The van der Waals surface area contributed by atoms with E-state index < -0.39 is 11.7 Å². The average Bonchev–Trinajstić information content (AvgIpc) is 2.97. The SMILES string of the molecule is O=C(Nc1nnc(Cc2ccccc2)s1)c1cc(Br)ccc1F. The molecule has 1 amide bonds. The van der Waals surface area contributed by atoms with Crippen molar-refractivity contribution in [1.82, 2.24) is 10.2 Å². The molecule has 1 aromatic heterocycles. The van der Waals surface area contributed by atoms with Crippen molar-refractivity contribution in [2.75, 3.05) is 5.32 Å². The predicted molar refractivity (Wildman–Crippen MR) is 91.2 cm³/mol. The number of carbonyl (C=O) groups is 1. The van der Waals surface area contributed by atoms with Crippen LogP contribution in [0.25, 0.3) is 0 Å². The van der Waals surface area contributed by atoms with Crippen molar-refractivity contribution in [3.05, 3.63) is 75.0 Å². The molecule has 3 aromatic rings. The average molecular weight is 392 g/mol. The van der Waals surface area contributed by atoms with Gasteiger partial charge < -0.3 is 0 Å². The Kier molecular flexibility index (Phi) is 4.78. The number of rotatable bonds is 4. The summed E-state index contributed by atoms with van der Waals surface area (Å²) in [5, 5.41) is 11.7. The van der Waals surface area contributed by atoms with Crippen molar-refractivity contribution < 1.29 is 9.18 Å². The molecule has 3 rings (SSSR count). The van der Waals surface area contributed by atoms with E-state index in [1.54, 1.807) is 0 Å². The molecule has 1 heterocycles. The molecule has 0 saturated heterocycles. The Balaban J connectivity index is 1.71. The molecule has 0 atom stereocenters. The molecule has 0 aliphatic carbocycles. The summed E-state index contributed by atoms with van der Waals surface area (Å²) in [4.78, 5) is 12.1. The molecule has 0 bridgehead atoms. The third kappa shape index (κ3) is 4.00. The van der Waals surface area contributed by atoms with Crippen LogP contribution in [-0.4, -0.2) is 16.1 Å². The lowest BCUT2D eigenvalue weighted by atomic mass is 10.2. The molecule has 23 heavy (non-hydrogen) atoms. The van der Waals surface area contributed by atoms with Gasteiger partial charge in [-0.05, 0) is 23.8 Å². The summed E-state index contributed by atoms with van der Waals surface area (Å²) >= 11 is 4.49. The molecule has 0 unspecified atom stereocenters. The van der Waals surface area contributed by atoms with Crippen LogP contribution in [0.15, 0.2) is 53.0 Å². The molecule has 0 aliphatic rings. The van der Waals surface area contributed by atoms with E-state index in [0.29, 0.717) is 16.0 Å². The minimum Gasteiger partial charge on any atom is -0.296 e. The number of hydrogen-bond donors (Lipinski definition) is 1. The molecular weight excluding hydrogens is 381 g/mol. The van der Waals surface area contributed by atoms with Crippen LogP contribution >= 0.6 is 27.3 Å². The van der Waals surface area contributed by atoms with Crippen LogP contribution in [0, 0.1) is 5.82 Å². The number of aromatic nitrogens is 2. The van der Waals surface area contributed by atoms with E-state index in [4.69, 9.17) is 0 Å². The summed E-state index contributed by atoms with van der Waals surface area (Å²) in [6, 6.07) is 14.0. The van der Waals surface area contributed by atoms with Gasteiger partial charge in [-0.15, -0.1) is 10.2 Å². The molecule has 0 aliphatic heterocycles. The molecule has 4 nitrogen and oxygen atoms in total. The first-order valence-electron chi connectivity index (χ1n) is 6.74. The Morgan fingerprint density at radius 2 is 1.96 bits per heavy atom. The Morgan fingerprint density at radius 3 is 2.74 bits per heavy atom. The number of amides is 1. The van der Waals surface area contributed by atoms with E-state index in [0.717, 1.165) is 10.6 Å². The number of nitrogens with one attached hydrogen (secondary N) is 1. The third-order valence-corrected chi connectivity index (χ3v) is 4.39. The van der Waals surface area contributed by atoms with Crippen molar-refractivity contribution in [3.63, 3.8) is 0 Å². The topological polar surface area (TPSA) is 54.9 Å². The van der Waals surface area contributed by atoms with E-state index in [2.05, 4.69) is 31.4 Å². The van der Waals surface area contributed by atoms with Gasteiger partial charge in [0.05, 0.1) is 5.56 Å². The molecule has 0 fully saturated rings. The second-order valence-corrected chi connectivity index (χ2v) is 6.72.